The summed E-state index contributed by atoms with van der Waals surface area (Å²) >= 11 is 0. The van der Waals surface area contributed by atoms with Crippen molar-refractivity contribution in [1.82, 2.24) is 10.8 Å². The lowest BCUT2D eigenvalue weighted by Gasteiger charge is -2.38. The number of rotatable bonds is 12. The van der Waals surface area contributed by atoms with Gasteiger partial charge in [0.05, 0.1) is 48.8 Å². The number of ether oxygens (including phenoxy) is 2. The van der Waals surface area contributed by atoms with Gasteiger partial charge in [-0.25, -0.2) is 0 Å². The number of hydrogen-bond donors (Lipinski definition) is 4. The van der Waals surface area contributed by atoms with Gasteiger partial charge in [-0.3, -0.25) is 14.4 Å². The van der Waals surface area contributed by atoms with Crippen molar-refractivity contribution in [2.75, 3.05) is 6.61 Å². The van der Waals surface area contributed by atoms with Crippen LogP contribution < -0.4 is 10.8 Å². The minimum atomic E-state index is -0.838. The lowest BCUT2D eigenvalue weighted by molar-refractivity contribution is -0.149. The van der Waals surface area contributed by atoms with E-state index < -0.39 is 23.8 Å². The molecule has 0 aromatic heterocycles. The fraction of sp³-hybridized carbons (Fsp3) is 0.912. The first-order valence-corrected chi connectivity index (χ1v) is 17.8. The van der Waals surface area contributed by atoms with Crippen molar-refractivity contribution in [3.63, 3.8) is 0 Å². The number of amides is 1. The predicted molar refractivity (Wildman–Crippen MR) is 164 cm³/mol. The molecule has 4 N–H and O–H groups in total. The Morgan fingerprint density at radius 3 is 1.66 bits per heavy atom. The summed E-state index contributed by atoms with van der Waals surface area (Å²) < 4.78 is 13.2. The summed E-state index contributed by atoms with van der Waals surface area (Å²) in [7, 11) is 0. The Morgan fingerprint density at radius 2 is 1.07 bits per heavy atom. The van der Waals surface area contributed by atoms with E-state index in [2.05, 4.69) is 10.8 Å². The Morgan fingerprint density at radius 1 is 0.545 bits per heavy atom. The van der Waals surface area contributed by atoms with Gasteiger partial charge in [-0.15, -0.1) is 0 Å². The van der Waals surface area contributed by atoms with Crippen LogP contribution in [0.4, 0.5) is 0 Å². The fourth-order valence-corrected chi connectivity index (χ4v) is 8.61. The lowest BCUT2D eigenvalue weighted by atomic mass is 9.78. The molecule has 250 valence electrons. The number of carboxylic acids is 2. The summed E-state index contributed by atoms with van der Waals surface area (Å²) in [5.41, 5.74) is 3.23. The van der Waals surface area contributed by atoms with E-state index in [9.17, 15) is 24.6 Å². The molecule has 0 radical (unpaired) electrons. The Hall–Kier alpha value is -1.75. The van der Waals surface area contributed by atoms with Gasteiger partial charge in [-0.05, 0) is 109 Å². The van der Waals surface area contributed by atoms with Crippen molar-refractivity contribution in [2.24, 2.45) is 23.7 Å². The maximum absolute atomic E-state index is 12.9. The van der Waals surface area contributed by atoms with Crippen LogP contribution in [0, 0.1) is 23.7 Å². The van der Waals surface area contributed by atoms with Gasteiger partial charge < -0.3 is 29.8 Å². The van der Waals surface area contributed by atoms with Gasteiger partial charge in [0.25, 0.3) is 0 Å². The molecule has 5 aliphatic rings. The molecule has 44 heavy (non-hydrogen) atoms. The van der Waals surface area contributed by atoms with Crippen LogP contribution in [0.3, 0.4) is 0 Å². The molecule has 0 aliphatic heterocycles. The standard InChI is InChI=1S/C34H56N2O8/c37-32(30-10-3-4-11-31(30)34(40)41)35-23-12-16-25(17-13-23)43-27-7-5-8-28(20-27)44-26-18-14-24(15-19-26)36-42-21-22-6-1-2-9-29(22)33(38)39/h22-31,36H,1-21H2,(H,35,37)(H,38,39)(H,40,41). The number of carbonyl (C=O) groups is 3. The van der Waals surface area contributed by atoms with E-state index in [1.54, 1.807) is 0 Å². The second kappa shape index (κ2) is 16.7. The lowest BCUT2D eigenvalue weighted by Crippen LogP contribution is -2.46. The zero-order chi connectivity index (χ0) is 30.9. The summed E-state index contributed by atoms with van der Waals surface area (Å²) in [5, 5.41) is 22.2. The monoisotopic (exact) mass is 620 g/mol. The molecule has 5 fully saturated rings. The second-order valence-corrected chi connectivity index (χ2v) is 14.4. The zero-order valence-corrected chi connectivity index (χ0v) is 26.5. The minimum Gasteiger partial charge on any atom is -0.481 e. The van der Waals surface area contributed by atoms with Crippen LogP contribution in [-0.4, -0.2) is 71.2 Å². The van der Waals surface area contributed by atoms with E-state index >= 15 is 0 Å². The summed E-state index contributed by atoms with van der Waals surface area (Å²) in [6.07, 6.45) is 19.7. The van der Waals surface area contributed by atoms with Crippen molar-refractivity contribution in [3.05, 3.63) is 0 Å². The molecule has 1 amide bonds. The summed E-state index contributed by atoms with van der Waals surface area (Å²) in [6.45, 7) is 0.473. The van der Waals surface area contributed by atoms with Crippen LogP contribution in [-0.2, 0) is 28.7 Å². The van der Waals surface area contributed by atoms with E-state index in [1.165, 1.54) is 0 Å². The molecular formula is C34H56N2O8. The molecule has 0 saturated heterocycles. The predicted octanol–water partition coefficient (Wildman–Crippen LogP) is 5.37. The number of carbonyl (C=O) groups excluding carboxylic acids is 1. The van der Waals surface area contributed by atoms with Crippen LogP contribution in [0.15, 0.2) is 0 Å². The largest absolute Gasteiger partial charge is 0.481 e. The van der Waals surface area contributed by atoms with E-state index in [1.807, 2.05) is 0 Å². The van der Waals surface area contributed by atoms with E-state index in [0.717, 1.165) is 116 Å². The topological polar surface area (TPSA) is 143 Å². The third-order valence-electron chi connectivity index (χ3n) is 11.2. The van der Waals surface area contributed by atoms with E-state index in [0.29, 0.717) is 25.5 Å². The van der Waals surface area contributed by atoms with Gasteiger partial charge in [0, 0.05) is 12.1 Å². The highest BCUT2D eigenvalue weighted by Gasteiger charge is 2.37. The van der Waals surface area contributed by atoms with Gasteiger partial charge >= 0.3 is 11.9 Å². The fourth-order valence-electron chi connectivity index (χ4n) is 8.61. The molecule has 0 bridgehead atoms. The van der Waals surface area contributed by atoms with Gasteiger partial charge in [0.1, 0.15) is 0 Å². The first kappa shape index (κ1) is 33.6. The highest BCUT2D eigenvalue weighted by atomic mass is 16.6. The number of carboxylic acid groups (broad SMARTS) is 2. The summed E-state index contributed by atoms with van der Waals surface area (Å²) in [5.74, 6) is -2.71. The van der Waals surface area contributed by atoms with Crippen LogP contribution >= 0.6 is 0 Å². The third-order valence-corrected chi connectivity index (χ3v) is 11.2. The van der Waals surface area contributed by atoms with Gasteiger partial charge in [-0.1, -0.05) is 25.7 Å². The molecule has 0 aromatic rings. The molecule has 0 spiro atoms. The SMILES string of the molecule is O=C(O)C1CCCCC1CONC1CCC(OC2CCCC(OC3CCC(NC(=O)C4CCCCC4C(=O)O)CC3)C2)CC1. The normalized spacial score (nSPS) is 38.5. The van der Waals surface area contributed by atoms with Crippen molar-refractivity contribution in [1.29, 1.82) is 0 Å². The number of hydrogen-bond acceptors (Lipinski definition) is 7. The molecule has 0 aromatic carbocycles. The number of nitrogens with one attached hydrogen (secondary N) is 2. The maximum Gasteiger partial charge on any atom is 0.307 e. The highest BCUT2D eigenvalue weighted by Crippen LogP contribution is 2.34. The van der Waals surface area contributed by atoms with E-state index in [4.69, 9.17) is 14.3 Å². The third kappa shape index (κ3) is 9.63. The first-order chi connectivity index (χ1) is 21.4. The molecule has 5 aliphatic carbocycles. The van der Waals surface area contributed by atoms with Gasteiger partial charge in [0.2, 0.25) is 5.91 Å². The quantitative estimate of drug-likeness (QED) is 0.212. The number of aliphatic carboxylic acids is 2. The second-order valence-electron chi connectivity index (χ2n) is 14.4. The van der Waals surface area contributed by atoms with Gasteiger partial charge in [-0.2, -0.15) is 5.48 Å². The Balaban J connectivity index is 0.948. The zero-order valence-electron chi connectivity index (χ0n) is 26.5. The van der Waals surface area contributed by atoms with Crippen LogP contribution in [0.25, 0.3) is 0 Å². The molecule has 5 saturated carbocycles. The molecule has 6 unspecified atom stereocenters. The summed E-state index contributed by atoms with van der Waals surface area (Å²) in [4.78, 5) is 41.9. The van der Waals surface area contributed by atoms with E-state index in [-0.39, 0.29) is 48.2 Å². The van der Waals surface area contributed by atoms with Crippen LogP contribution in [0.2, 0.25) is 0 Å². The molecule has 5 rings (SSSR count). The minimum absolute atomic E-state index is 0.0700. The molecule has 0 heterocycles. The molecule has 10 nitrogen and oxygen atoms in total. The maximum atomic E-state index is 12.9. The average Bonchev–Trinajstić information content (AvgIpc) is 3.03. The first-order valence-electron chi connectivity index (χ1n) is 17.8. The Labute approximate surface area is 262 Å². The average molecular weight is 621 g/mol. The Bertz CT molecular complexity index is 932. The molecule has 10 heteroatoms. The van der Waals surface area contributed by atoms with Crippen molar-refractivity contribution >= 4 is 17.8 Å². The number of hydroxylamine groups is 1. The highest BCUT2D eigenvalue weighted by molar-refractivity contribution is 5.85. The van der Waals surface area contributed by atoms with Crippen LogP contribution in [0.5, 0.6) is 0 Å². The Kier molecular flexibility index (Phi) is 12.8. The molecule has 6 atom stereocenters. The van der Waals surface area contributed by atoms with Crippen molar-refractivity contribution < 1.29 is 38.9 Å². The smallest absolute Gasteiger partial charge is 0.307 e. The van der Waals surface area contributed by atoms with Crippen molar-refractivity contribution in [2.45, 2.75) is 165 Å². The van der Waals surface area contributed by atoms with Gasteiger partial charge in [0.15, 0.2) is 0 Å². The van der Waals surface area contributed by atoms with Crippen LogP contribution in [0.1, 0.15) is 128 Å². The van der Waals surface area contributed by atoms with Crippen molar-refractivity contribution in [3.8, 4) is 0 Å². The summed E-state index contributed by atoms with van der Waals surface area (Å²) in [6, 6.07) is 0.412. The molecular weight excluding hydrogens is 564 g/mol.